The summed E-state index contributed by atoms with van der Waals surface area (Å²) in [7, 11) is 0. The van der Waals surface area contributed by atoms with Gasteiger partial charge in [0.05, 0.1) is 16.3 Å². The number of anilines is 1. The molecule has 1 aliphatic rings. The van der Waals surface area contributed by atoms with Crippen LogP contribution in [-0.4, -0.2) is 30.1 Å². The van der Waals surface area contributed by atoms with Crippen LogP contribution in [0.5, 0.6) is 0 Å². The number of benzene rings is 1. The van der Waals surface area contributed by atoms with Gasteiger partial charge in [-0.25, -0.2) is 4.98 Å². The SMILES string of the molecule is Cc1cccc2sc(NC(=O)C(N)C3CCOCC3)nc12. The summed E-state index contributed by atoms with van der Waals surface area (Å²) >= 11 is 1.48. The number of fused-ring (bicyclic) bond motifs is 1. The van der Waals surface area contributed by atoms with E-state index in [1.54, 1.807) is 0 Å². The van der Waals surface area contributed by atoms with E-state index in [2.05, 4.69) is 10.3 Å². The minimum Gasteiger partial charge on any atom is -0.381 e. The van der Waals surface area contributed by atoms with Crippen LogP contribution in [0.3, 0.4) is 0 Å². The van der Waals surface area contributed by atoms with Gasteiger partial charge in [0.2, 0.25) is 5.91 Å². The summed E-state index contributed by atoms with van der Waals surface area (Å²) in [5.41, 5.74) is 8.12. The number of thiazole rings is 1. The van der Waals surface area contributed by atoms with Crippen molar-refractivity contribution < 1.29 is 9.53 Å². The number of aryl methyl sites for hydroxylation is 1. The van der Waals surface area contributed by atoms with Gasteiger partial charge in [-0.15, -0.1) is 0 Å². The number of nitrogens with one attached hydrogen (secondary N) is 1. The fourth-order valence-corrected chi connectivity index (χ4v) is 3.56. The van der Waals surface area contributed by atoms with E-state index in [9.17, 15) is 4.79 Å². The topological polar surface area (TPSA) is 77.2 Å². The third-order valence-corrected chi connectivity index (χ3v) is 4.86. The number of ether oxygens (including phenoxy) is 1. The van der Waals surface area contributed by atoms with Crippen molar-refractivity contribution in [2.24, 2.45) is 11.7 Å². The number of carbonyl (C=O) groups is 1. The molecule has 5 nitrogen and oxygen atoms in total. The predicted octanol–water partition coefficient (Wildman–Crippen LogP) is 2.30. The van der Waals surface area contributed by atoms with Crippen LogP contribution >= 0.6 is 11.3 Å². The molecule has 0 bridgehead atoms. The van der Waals surface area contributed by atoms with E-state index in [4.69, 9.17) is 10.5 Å². The van der Waals surface area contributed by atoms with Crippen molar-refractivity contribution in [2.45, 2.75) is 25.8 Å². The average Bonchev–Trinajstić information content (AvgIpc) is 2.91. The predicted molar refractivity (Wildman–Crippen MR) is 84.5 cm³/mol. The molecule has 112 valence electrons. The number of nitrogens with zero attached hydrogens (tertiary/aromatic N) is 1. The van der Waals surface area contributed by atoms with Gasteiger partial charge >= 0.3 is 0 Å². The summed E-state index contributed by atoms with van der Waals surface area (Å²) in [6.07, 6.45) is 1.68. The van der Waals surface area contributed by atoms with Crippen LogP contribution < -0.4 is 11.1 Å². The van der Waals surface area contributed by atoms with Gasteiger partial charge in [-0.3, -0.25) is 4.79 Å². The summed E-state index contributed by atoms with van der Waals surface area (Å²) in [5, 5.41) is 3.48. The molecule has 0 radical (unpaired) electrons. The molecule has 1 aromatic heterocycles. The van der Waals surface area contributed by atoms with E-state index in [0.29, 0.717) is 18.3 Å². The molecule has 1 atom stereocenters. The Hall–Kier alpha value is -1.50. The molecule has 3 rings (SSSR count). The second-order valence-electron chi connectivity index (χ2n) is 5.41. The Morgan fingerprint density at radius 1 is 1.48 bits per heavy atom. The Morgan fingerprint density at radius 2 is 2.24 bits per heavy atom. The normalized spacial score (nSPS) is 17.8. The van der Waals surface area contributed by atoms with Gasteiger partial charge in [0.25, 0.3) is 0 Å². The fraction of sp³-hybridized carbons (Fsp3) is 0.467. The number of hydrogen-bond acceptors (Lipinski definition) is 5. The number of hydrogen-bond donors (Lipinski definition) is 2. The molecule has 6 heteroatoms. The van der Waals surface area contributed by atoms with E-state index in [1.807, 2.05) is 25.1 Å². The maximum absolute atomic E-state index is 12.3. The lowest BCUT2D eigenvalue weighted by molar-refractivity contribution is -0.119. The standard InChI is InChI=1S/C15H19N3O2S/c1-9-3-2-4-11-13(9)17-15(21-11)18-14(19)12(16)10-5-7-20-8-6-10/h2-4,10,12H,5-8,16H2,1H3,(H,17,18,19). The molecule has 1 fully saturated rings. The second kappa shape index (κ2) is 6.09. The molecule has 3 N–H and O–H groups in total. The molecule has 1 aliphatic heterocycles. The molecular weight excluding hydrogens is 286 g/mol. The Balaban J connectivity index is 1.72. The van der Waals surface area contributed by atoms with E-state index < -0.39 is 6.04 Å². The van der Waals surface area contributed by atoms with Crippen molar-refractivity contribution >= 4 is 32.6 Å². The summed E-state index contributed by atoms with van der Waals surface area (Å²) in [6.45, 7) is 3.39. The molecule has 0 saturated carbocycles. The Morgan fingerprint density at radius 3 is 2.95 bits per heavy atom. The lowest BCUT2D eigenvalue weighted by Gasteiger charge is -2.26. The molecule has 21 heavy (non-hydrogen) atoms. The van der Waals surface area contributed by atoms with Crippen LogP contribution in [-0.2, 0) is 9.53 Å². The van der Waals surface area contributed by atoms with E-state index in [-0.39, 0.29) is 11.8 Å². The van der Waals surface area contributed by atoms with Crippen molar-refractivity contribution in [1.29, 1.82) is 0 Å². The van der Waals surface area contributed by atoms with Gasteiger partial charge in [0, 0.05) is 13.2 Å². The van der Waals surface area contributed by atoms with Gasteiger partial charge in [0.15, 0.2) is 5.13 Å². The third kappa shape index (κ3) is 3.07. The lowest BCUT2D eigenvalue weighted by Crippen LogP contribution is -2.43. The zero-order valence-electron chi connectivity index (χ0n) is 12.0. The Kier molecular flexibility index (Phi) is 4.19. The third-order valence-electron chi connectivity index (χ3n) is 3.93. The zero-order valence-corrected chi connectivity index (χ0v) is 12.8. The monoisotopic (exact) mass is 305 g/mol. The Labute approximate surface area is 127 Å². The van der Waals surface area contributed by atoms with Crippen LogP contribution in [0.15, 0.2) is 18.2 Å². The van der Waals surface area contributed by atoms with Crippen molar-refractivity contribution in [3.8, 4) is 0 Å². The molecular formula is C15H19N3O2S. The number of nitrogens with two attached hydrogens (primary N) is 1. The minimum absolute atomic E-state index is 0.154. The van der Waals surface area contributed by atoms with E-state index in [0.717, 1.165) is 28.6 Å². The summed E-state index contributed by atoms with van der Waals surface area (Å²) < 4.78 is 6.38. The molecule has 0 spiro atoms. The lowest BCUT2D eigenvalue weighted by atomic mass is 9.92. The van der Waals surface area contributed by atoms with Crippen LogP contribution in [0, 0.1) is 12.8 Å². The summed E-state index contributed by atoms with van der Waals surface area (Å²) in [5.74, 6) is 0.0356. The van der Waals surface area contributed by atoms with E-state index in [1.165, 1.54) is 11.3 Å². The van der Waals surface area contributed by atoms with Crippen LogP contribution in [0.1, 0.15) is 18.4 Å². The number of para-hydroxylation sites is 1. The van der Waals surface area contributed by atoms with Gasteiger partial charge in [-0.2, -0.15) is 0 Å². The zero-order chi connectivity index (χ0) is 14.8. The fourth-order valence-electron chi connectivity index (χ4n) is 2.62. The molecule has 1 aromatic carbocycles. The largest absolute Gasteiger partial charge is 0.381 e. The minimum atomic E-state index is -0.498. The first-order valence-corrected chi connectivity index (χ1v) is 7.97. The van der Waals surface area contributed by atoms with Crippen molar-refractivity contribution in [3.63, 3.8) is 0 Å². The van der Waals surface area contributed by atoms with Crippen LogP contribution in [0.4, 0.5) is 5.13 Å². The van der Waals surface area contributed by atoms with E-state index >= 15 is 0 Å². The molecule has 1 unspecified atom stereocenters. The highest BCUT2D eigenvalue weighted by Gasteiger charge is 2.27. The molecule has 1 amide bonds. The number of carbonyl (C=O) groups excluding carboxylic acids is 1. The smallest absolute Gasteiger partial charge is 0.243 e. The van der Waals surface area contributed by atoms with Gasteiger partial charge in [0.1, 0.15) is 0 Å². The quantitative estimate of drug-likeness (QED) is 0.912. The average molecular weight is 305 g/mol. The first-order valence-electron chi connectivity index (χ1n) is 7.15. The first-order chi connectivity index (χ1) is 10.1. The van der Waals surface area contributed by atoms with Crippen LogP contribution in [0.25, 0.3) is 10.2 Å². The molecule has 2 aromatic rings. The molecule has 2 heterocycles. The van der Waals surface area contributed by atoms with Crippen molar-refractivity contribution in [3.05, 3.63) is 23.8 Å². The van der Waals surface area contributed by atoms with Crippen molar-refractivity contribution in [2.75, 3.05) is 18.5 Å². The molecule has 1 saturated heterocycles. The second-order valence-corrected chi connectivity index (χ2v) is 6.44. The molecule has 0 aliphatic carbocycles. The summed E-state index contributed by atoms with van der Waals surface area (Å²) in [6, 6.07) is 5.52. The number of rotatable bonds is 3. The van der Waals surface area contributed by atoms with Crippen LogP contribution in [0.2, 0.25) is 0 Å². The maximum atomic E-state index is 12.3. The van der Waals surface area contributed by atoms with Crippen molar-refractivity contribution in [1.82, 2.24) is 4.98 Å². The highest BCUT2D eigenvalue weighted by Crippen LogP contribution is 2.28. The highest BCUT2D eigenvalue weighted by atomic mass is 32.1. The summed E-state index contributed by atoms with van der Waals surface area (Å²) in [4.78, 5) is 16.7. The van der Waals surface area contributed by atoms with Gasteiger partial charge in [-0.1, -0.05) is 23.5 Å². The first kappa shape index (κ1) is 14.4. The number of amides is 1. The Bertz CT molecular complexity index is 649. The highest BCUT2D eigenvalue weighted by molar-refractivity contribution is 7.22. The van der Waals surface area contributed by atoms with Gasteiger partial charge < -0.3 is 15.8 Å². The number of aromatic nitrogens is 1. The maximum Gasteiger partial charge on any atom is 0.243 e. The van der Waals surface area contributed by atoms with Gasteiger partial charge in [-0.05, 0) is 37.3 Å².